The number of nitrogens with one attached hydrogen (secondary N) is 2. The second-order valence-electron chi connectivity index (χ2n) is 7.52. The lowest BCUT2D eigenvalue weighted by Crippen LogP contribution is -2.41. The summed E-state index contributed by atoms with van der Waals surface area (Å²) in [5, 5.41) is 6.27. The maximum absolute atomic E-state index is 12.3. The number of carbonyl (C=O) groups is 1. The van der Waals surface area contributed by atoms with E-state index in [4.69, 9.17) is 4.74 Å². The Bertz CT molecular complexity index is 842. The maximum atomic E-state index is 12.3. The van der Waals surface area contributed by atoms with Crippen molar-refractivity contribution in [3.8, 4) is 5.75 Å². The summed E-state index contributed by atoms with van der Waals surface area (Å²) in [6.07, 6.45) is 1.15. The van der Waals surface area contributed by atoms with Crippen LogP contribution in [-0.4, -0.2) is 55.8 Å². The van der Waals surface area contributed by atoms with Gasteiger partial charge in [0, 0.05) is 36.8 Å². The van der Waals surface area contributed by atoms with Crippen molar-refractivity contribution >= 4 is 23.6 Å². The summed E-state index contributed by atoms with van der Waals surface area (Å²) < 4.78 is 5.16. The third kappa shape index (κ3) is 7.51. The third-order valence-electron chi connectivity index (χ3n) is 5.17. The van der Waals surface area contributed by atoms with Crippen molar-refractivity contribution in [3.05, 3.63) is 60.2 Å². The summed E-state index contributed by atoms with van der Waals surface area (Å²) in [5.41, 5.74) is 1.03. The molecule has 0 aliphatic carbocycles. The number of methoxy groups -OCH3 is 1. The number of hydrogen-bond donors (Lipinski definition) is 2. The highest BCUT2D eigenvalue weighted by Crippen LogP contribution is 2.25. The lowest BCUT2D eigenvalue weighted by atomic mass is 10.2. The predicted molar refractivity (Wildman–Crippen MR) is 128 cm³/mol. The van der Waals surface area contributed by atoms with E-state index in [9.17, 15) is 4.79 Å². The van der Waals surface area contributed by atoms with E-state index in [0.29, 0.717) is 12.5 Å². The second kappa shape index (κ2) is 12.2. The Morgan fingerprint density at radius 2 is 1.94 bits per heavy atom. The van der Waals surface area contributed by atoms with Crippen molar-refractivity contribution in [2.24, 2.45) is 10.9 Å². The summed E-state index contributed by atoms with van der Waals surface area (Å²) in [4.78, 5) is 20.5. The molecule has 1 fully saturated rings. The van der Waals surface area contributed by atoms with Gasteiger partial charge in [-0.25, -0.2) is 4.99 Å². The van der Waals surface area contributed by atoms with E-state index in [1.165, 1.54) is 4.90 Å². The number of aliphatic imine (C=N–C) groups is 1. The van der Waals surface area contributed by atoms with Gasteiger partial charge in [-0.15, -0.1) is 11.8 Å². The number of ether oxygens (including phenoxy) is 1. The number of thioether (sulfide) groups is 1. The van der Waals surface area contributed by atoms with Gasteiger partial charge in [-0.1, -0.05) is 30.3 Å². The highest BCUT2D eigenvalue weighted by molar-refractivity contribution is 7.99. The van der Waals surface area contributed by atoms with Gasteiger partial charge in [-0.3, -0.25) is 4.79 Å². The van der Waals surface area contributed by atoms with E-state index < -0.39 is 0 Å². The number of rotatable bonds is 9. The molecule has 3 rings (SSSR count). The second-order valence-corrected chi connectivity index (χ2v) is 8.61. The van der Waals surface area contributed by atoms with Crippen molar-refractivity contribution in [1.29, 1.82) is 0 Å². The van der Waals surface area contributed by atoms with Crippen LogP contribution >= 0.6 is 11.8 Å². The van der Waals surface area contributed by atoms with Crippen LogP contribution in [0.4, 0.5) is 0 Å². The summed E-state index contributed by atoms with van der Waals surface area (Å²) in [7, 11) is 1.64. The molecule has 1 unspecified atom stereocenters. The van der Waals surface area contributed by atoms with Crippen LogP contribution in [0, 0.1) is 5.92 Å². The summed E-state index contributed by atoms with van der Waals surface area (Å²) in [6, 6.07) is 18.2. The van der Waals surface area contributed by atoms with E-state index in [2.05, 4.69) is 51.7 Å². The molecule has 2 aromatic rings. The van der Waals surface area contributed by atoms with Gasteiger partial charge in [0.15, 0.2) is 5.96 Å². The molecular weight excluding hydrogens is 408 g/mol. The minimum Gasteiger partial charge on any atom is -0.497 e. The highest BCUT2D eigenvalue weighted by atomic mass is 32.2. The Morgan fingerprint density at radius 1 is 1.16 bits per heavy atom. The molecule has 2 aromatic carbocycles. The molecule has 0 saturated carbocycles. The van der Waals surface area contributed by atoms with E-state index in [1.807, 2.05) is 42.1 Å². The molecule has 31 heavy (non-hydrogen) atoms. The zero-order valence-corrected chi connectivity index (χ0v) is 19.2. The van der Waals surface area contributed by atoms with E-state index in [1.54, 1.807) is 7.11 Å². The molecule has 1 amide bonds. The lowest BCUT2D eigenvalue weighted by molar-refractivity contribution is -0.119. The van der Waals surface area contributed by atoms with Crippen LogP contribution in [0.1, 0.15) is 18.9 Å². The largest absolute Gasteiger partial charge is 0.497 e. The average Bonchev–Trinajstić information content (AvgIpc) is 3.29. The minimum atomic E-state index is -0.0819. The predicted octanol–water partition coefficient (Wildman–Crippen LogP) is 3.39. The highest BCUT2D eigenvalue weighted by Gasteiger charge is 2.25. The number of nitrogens with zero attached hydrogens (tertiary/aromatic N) is 2. The molecule has 1 aliphatic heterocycles. The van der Waals surface area contributed by atoms with Gasteiger partial charge in [0.2, 0.25) is 5.91 Å². The van der Waals surface area contributed by atoms with Crippen LogP contribution in [0.25, 0.3) is 0 Å². The molecule has 2 N–H and O–H groups in total. The Morgan fingerprint density at radius 3 is 2.65 bits per heavy atom. The molecule has 6 nitrogen and oxygen atoms in total. The smallest absolute Gasteiger partial charge is 0.242 e. The molecule has 0 bridgehead atoms. The number of likely N-dealkylation sites (tertiary alicyclic amines) is 1. The van der Waals surface area contributed by atoms with Gasteiger partial charge in [-0.05, 0) is 49.1 Å². The van der Waals surface area contributed by atoms with Gasteiger partial charge in [-0.2, -0.15) is 0 Å². The number of amides is 1. The van der Waals surface area contributed by atoms with Gasteiger partial charge >= 0.3 is 0 Å². The van der Waals surface area contributed by atoms with E-state index in [0.717, 1.165) is 49.1 Å². The van der Waals surface area contributed by atoms with Gasteiger partial charge in [0.25, 0.3) is 0 Å². The SMILES string of the molecule is CCNC(=NCC(=O)NCc1ccc(OC)cc1)N1CCC(CSc2ccccc2)C1. The number of carbonyl (C=O) groups excluding carboxylic acids is 1. The van der Waals surface area contributed by atoms with Crippen molar-refractivity contribution in [1.82, 2.24) is 15.5 Å². The van der Waals surface area contributed by atoms with Crippen LogP contribution in [0.3, 0.4) is 0 Å². The van der Waals surface area contributed by atoms with Crippen LogP contribution in [0.5, 0.6) is 5.75 Å². The number of hydrogen-bond acceptors (Lipinski definition) is 4. The van der Waals surface area contributed by atoms with Crippen LogP contribution in [-0.2, 0) is 11.3 Å². The average molecular weight is 441 g/mol. The fourth-order valence-corrected chi connectivity index (χ4v) is 4.51. The maximum Gasteiger partial charge on any atom is 0.242 e. The minimum absolute atomic E-state index is 0.0819. The number of benzene rings is 2. The Balaban J connectivity index is 1.45. The summed E-state index contributed by atoms with van der Waals surface area (Å²) in [6.45, 7) is 5.39. The van der Waals surface area contributed by atoms with E-state index >= 15 is 0 Å². The van der Waals surface area contributed by atoms with Crippen molar-refractivity contribution in [2.45, 2.75) is 24.8 Å². The third-order valence-corrected chi connectivity index (χ3v) is 6.41. The number of guanidine groups is 1. The van der Waals surface area contributed by atoms with Crippen molar-refractivity contribution in [2.75, 3.05) is 39.0 Å². The van der Waals surface area contributed by atoms with Gasteiger partial charge in [0.05, 0.1) is 7.11 Å². The monoisotopic (exact) mass is 440 g/mol. The van der Waals surface area contributed by atoms with Crippen molar-refractivity contribution in [3.63, 3.8) is 0 Å². The quantitative estimate of drug-likeness (QED) is 0.355. The molecule has 166 valence electrons. The normalized spacial score (nSPS) is 16.3. The first-order valence-electron chi connectivity index (χ1n) is 10.8. The molecule has 0 spiro atoms. The summed E-state index contributed by atoms with van der Waals surface area (Å²) in [5.74, 6) is 3.28. The van der Waals surface area contributed by atoms with Crippen molar-refractivity contribution < 1.29 is 9.53 Å². The van der Waals surface area contributed by atoms with Crippen LogP contribution in [0.15, 0.2) is 64.5 Å². The molecule has 0 aromatic heterocycles. The molecular formula is C24H32N4O2S. The van der Waals surface area contributed by atoms with Gasteiger partial charge in [0.1, 0.15) is 12.3 Å². The zero-order valence-electron chi connectivity index (χ0n) is 18.3. The topological polar surface area (TPSA) is 66.0 Å². The molecule has 1 saturated heterocycles. The Kier molecular flexibility index (Phi) is 9.09. The molecule has 0 radical (unpaired) electrons. The zero-order chi connectivity index (χ0) is 21.9. The molecule has 1 heterocycles. The van der Waals surface area contributed by atoms with Crippen LogP contribution < -0.4 is 15.4 Å². The Labute approximate surface area is 189 Å². The Hall–Kier alpha value is -2.67. The first kappa shape index (κ1) is 23.0. The van der Waals surface area contributed by atoms with Crippen LogP contribution in [0.2, 0.25) is 0 Å². The van der Waals surface area contributed by atoms with Gasteiger partial charge < -0.3 is 20.3 Å². The fraction of sp³-hybridized carbons (Fsp3) is 0.417. The molecule has 7 heteroatoms. The lowest BCUT2D eigenvalue weighted by Gasteiger charge is -2.21. The van der Waals surface area contributed by atoms with E-state index in [-0.39, 0.29) is 12.5 Å². The molecule has 1 atom stereocenters. The first-order valence-corrected chi connectivity index (χ1v) is 11.8. The first-order chi connectivity index (χ1) is 15.2. The summed E-state index contributed by atoms with van der Waals surface area (Å²) >= 11 is 1.91. The fourth-order valence-electron chi connectivity index (χ4n) is 3.46. The standard InChI is InChI=1S/C24H32N4O2S/c1-3-25-24(27-16-23(29)26-15-19-9-11-21(30-2)12-10-19)28-14-13-20(17-28)18-31-22-7-5-4-6-8-22/h4-12,20H,3,13-18H2,1-2H3,(H,25,27)(H,26,29). The molecule has 1 aliphatic rings.